The molecule has 0 atom stereocenters. The van der Waals surface area contributed by atoms with Crippen LogP contribution in [0.15, 0.2) is 91.0 Å². The van der Waals surface area contributed by atoms with Crippen LogP contribution in [0, 0.1) is 0 Å². The number of hydrogen-bond donors (Lipinski definition) is 4. The summed E-state index contributed by atoms with van der Waals surface area (Å²) < 4.78 is 0. The van der Waals surface area contributed by atoms with E-state index in [1.807, 2.05) is 0 Å². The fourth-order valence-corrected chi connectivity index (χ4v) is 5.67. The third kappa shape index (κ3) is 14.5. The van der Waals surface area contributed by atoms with Crippen molar-refractivity contribution in [3.63, 3.8) is 0 Å². The highest BCUT2D eigenvalue weighted by atomic mass is 16.3. The van der Waals surface area contributed by atoms with E-state index >= 15 is 0 Å². The Bertz CT molecular complexity index is 918. The number of nitrogens with zero attached hydrogens (tertiary/aromatic N) is 1. The second-order valence-electron chi connectivity index (χ2n) is 11.9. The van der Waals surface area contributed by atoms with Gasteiger partial charge in [0.25, 0.3) is 0 Å². The molecule has 0 aliphatic carbocycles. The highest BCUT2D eigenvalue weighted by Crippen LogP contribution is 2.36. The van der Waals surface area contributed by atoms with E-state index in [2.05, 4.69) is 136 Å². The highest BCUT2D eigenvalue weighted by molar-refractivity contribution is 5.49. The quantitative estimate of drug-likeness (QED) is 0.0881. The standard InChI is InChI=1S/C25H29NO.C8H19N.C6H15NO/c27-21-13-2-1-12-20-26-25(22-14-6-3-7-15-22,23-16-8-4-9-17-23)24-18-10-5-11-19-24;1-6-9(7(2)3)8(4)5;7-5-3-1-2-4-6-8/h3-11,14-19,26-27H,1-2,12-13,20-21H2;7-8H,6H2,1-5H3;8H,1-7H2. The van der Waals surface area contributed by atoms with Crippen LogP contribution in [0.5, 0.6) is 0 Å². The summed E-state index contributed by atoms with van der Waals surface area (Å²) in [4.78, 5) is 2.46. The maximum Gasteiger partial charge on any atom is 0.0947 e. The van der Waals surface area contributed by atoms with Gasteiger partial charge in [0.05, 0.1) is 5.54 Å². The second kappa shape index (κ2) is 24.7. The number of hydrogen-bond acceptors (Lipinski definition) is 5. The molecule has 0 unspecified atom stereocenters. The third-order valence-corrected chi connectivity index (χ3v) is 7.90. The van der Waals surface area contributed by atoms with Crippen molar-refractivity contribution < 1.29 is 10.2 Å². The van der Waals surface area contributed by atoms with Crippen molar-refractivity contribution in [2.45, 2.75) is 104 Å². The van der Waals surface area contributed by atoms with Crippen LogP contribution in [0.1, 0.15) is 103 Å². The molecule has 3 aromatic rings. The molecular weight excluding hydrogens is 542 g/mol. The largest absolute Gasteiger partial charge is 0.396 e. The normalized spacial score (nSPS) is 11.2. The lowest BCUT2D eigenvalue weighted by Gasteiger charge is -2.37. The molecule has 0 bridgehead atoms. The minimum atomic E-state index is -0.374. The summed E-state index contributed by atoms with van der Waals surface area (Å²) >= 11 is 0. The van der Waals surface area contributed by atoms with Crippen LogP contribution in [-0.2, 0) is 5.54 Å². The van der Waals surface area contributed by atoms with E-state index < -0.39 is 0 Å². The van der Waals surface area contributed by atoms with Gasteiger partial charge >= 0.3 is 0 Å². The van der Waals surface area contributed by atoms with Gasteiger partial charge in [-0.15, -0.1) is 0 Å². The van der Waals surface area contributed by atoms with Crippen molar-refractivity contribution in [3.8, 4) is 0 Å². The van der Waals surface area contributed by atoms with Gasteiger partial charge in [0, 0.05) is 25.3 Å². The molecule has 5 N–H and O–H groups in total. The number of aliphatic hydroxyl groups excluding tert-OH is 2. The maximum absolute atomic E-state index is 8.98. The lowest BCUT2D eigenvalue weighted by Crippen LogP contribution is -2.45. The van der Waals surface area contributed by atoms with Gasteiger partial charge in [-0.3, -0.25) is 10.2 Å². The first-order valence-corrected chi connectivity index (χ1v) is 17.0. The average molecular weight is 606 g/mol. The van der Waals surface area contributed by atoms with E-state index in [-0.39, 0.29) is 12.1 Å². The Morgan fingerprint density at radius 1 is 0.591 bits per heavy atom. The van der Waals surface area contributed by atoms with Gasteiger partial charge in [-0.2, -0.15) is 0 Å². The Balaban J connectivity index is 0.000000468. The molecule has 0 saturated carbocycles. The van der Waals surface area contributed by atoms with Crippen molar-refractivity contribution in [1.82, 2.24) is 10.2 Å². The fourth-order valence-electron chi connectivity index (χ4n) is 5.67. The fraction of sp³-hybridized carbons (Fsp3) is 0.538. The number of benzene rings is 3. The molecule has 3 aromatic carbocycles. The minimum absolute atomic E-state index is 0.287. The predicted molar refractivity (Wildman–Crippen MR) is 190 cm³/mol. The second-order valence-corrected chi connectivity index (χ2v) is 11.9. The Hall–Kier alpha value is -2.54. The Morgan fingerprint density at radius 2 is 0.955 bits per heavy atom. The van der Waals surface area contributed by atoms with Gasteiger partial charge < -0.3 is 15.9 Å². The summed E-state index contributed by atoms with van der Waals surface area (Å²) in [6.07, 6.45) is 8.50. The first-order chi connectivity index (χ1) is 21.4. The first-order valence-electron chi connectivity index (χ1n) is 17.0. The number of unbranched alkanes of at least 4 members (excludes halogenated alkanes) is 6. The lowest BCUT2D eigenvalue weighted by atomic mass is 9.77. The monoisotopic (exact) mass is 605 g/mol. The van der Waals surface area contributed by atoms with Gasteiger partial charge in [-0.25, -0.2) is 0 Å². The van der Waals surface area contributed by atoms with Crippen molar-refractivity contribution >= 4 is 0 Å². The van der Waals surface area contributed by atoms with Gasteiger partial charge in [0.2, 0.25) is 0 Å². The van der Waals surface area contributed by atoms with Crippen LogP contribution >= 0.6 is 0 Å². The number of rotatable bonds is 18. The summed E-state index contributed by atoms with van der Waals surface area (Å²) in [5.41, 5.74) is 8.62. The Kier molecular flexibility index (Phi) is 22.2. The molecule has 0 aliphatic rings. The molecule has 0 radical (unpaired) electrons. The summed E-state index contributed by atoms with van der Waals surface area (Å²) in [6, 6.07) is 33.5. The van der Waals surface area contributed by atoms with Gasteiger partial charge in [0.15, 0.2) is 0 Å². The van der Waals surface area contributed by atoms with E-state index in [1.165, 1.54) is 16.7 Å². The van der Waals surface area contributed by atoms with Crippen LogP contribution in [0.2, 0.25) is 0 Å². The number of nitrogens with one attached hydrogen (secondary N) is 1. The van der Waals surface area contributed by atoms with Crippen LogP contribution in [0.4, 0.5) is 0 Å². The van der Waals surface area contributed by atoms with Crippen LogP contribution in [0.3, 0.4) is 0 Å². The molecule has 0 heterocycles. The zero-order valence-corrected chi connectivity index (χ0v) is 28.4. The summed E-state index contributed by atoms with van der Waals surface area (Å²) in [5, 5.41) is 21.2. The highest BCUT2D eigenvalue weighted by Gasteiger charge is 2.35. The van der Waals surface area contributed by atoms with E-state index in [0.717, 1.165) is 71.0 Å². The van der Waals surface area contributed by atoms with Crippen LogP contribution in [0.25, 0.3) is 0 Å². The van der Waals surface area contributed by atoms with Gasteiger partial charge in [-0.05, 0) is 89.7 Å². The first kappa shape index (κ1) is 39.5. The van der Waals surface area contributed by atoms with Gasteiger partial charge in [-0.1, -0.05) is 124 Å². The molecule has 0 saturated heterocycles. The molecule has 0 amide bonds. The van der Waals surface area contributed by atoms with Crippen molar-refractivity contribution in [1.29, 1.82) is 0 Å². The summed E-state index contributed by atoms with van der Waals surface area (Å²) in [7, 11) is 0. The van der Waals surface area contributed by atoms with E-state index in [0.29, 0.717) is 18.7 Å². The number of nitrogens with two attached hydrogens (primary N) is 1. The zero-order valence-electron chi connectivity index (χ0n) is 28.4. The van der Waals surface area contributed by atoms with Crippen molar-refractivity contribution in [2.75, 3.05) is 32.8 Å². The molecular formula is C39H63N3O2. The molecule has 5 heteroatoms. The SMILES string of the molecule is CCN(C(C)C)C(C)C.NCCCCCCO.OCCCCCCNC(c1ccccc1)(c1ccccc1)c1ccccc1. The maximum atomic E-state index is 8.98. The van der Waals surface area contributed by atoms with Crippen molar-refractivity contribution in [3.05, 3.63) is 108 Å². The minimum Gasteiger partial charge on any atom is -0.396 e. The van der Waals surface area contributed by atoms with Gasteiger partial charge in [0.1, 0.15) is 0 Å². The third-order valence-electron chi connectivity index (χ3n) is 7.90. The van der Waals surface area contributed by atoms with Crippen LogP contribution in [-0.4, -0.2) is 60.0 Å². The van der Waals surface area contributed by atoms with E-state index in [9.17, 15) is 0 Å². The lowest BCUT2D eigenvalue weighted by molar-refractivity contribution is 0.185. The smallest absolute Gasteiger partial charge is 0.0947 e. The summed E-state index contributed by atoms with van der Waals surface area (Å²) in [5.74, 6) is 0. The van der Waals surface area contributed by atoms with Crippen molar-refractivity contribution in [2.24, 2.45) is 5.73 Å². The van der Waals surface area contributed by atoms with Crippen LogP contribution < -0.4 is 11.1 Å². The Morgan fingerprint density at radius 3 is 1.25 bits per heavy atom. The molecule has 0 aromatic heterocycles. The molecule has 246 valence electrons. The molecule has 0 aliphatic heterocycles. The molecule has 0 spiro atoms. The van der Waals surface area contributed by atoms with E-state index in [4.69, 9.17) is 15.9 Å². The molecule has 3 rings (SSSR count). The number of aliphatic hydroxyl groups is 2. The van der Waals surface area contributed by atoms with E-state index in [1.54, 1.807) is 0 Å². The molecule has 44 heavy (non-hydrogen) atoms. The zero-order chi connectivity index (χ0) is 32.5. The molecule has 5 nitrogen and oxygen atoms in total. The average Bonchev–Trinajstić information content (AvgIpc) is 3.05. The predicted octanol–water partition coefficient (Wildman–Crippen LogP) is 7.74. The summed E-state index contributed by atoms with van der Waals surface area (Å²) in [6.45, 7) is 14.6. The Labute approximate surface area is 269 Å². The molecule has 0 fully saturated rings. The topological polar surface area (TPSA) is 81.8 Å².